The van der Waals surface area contributed by atoms with E-state index in [-0.39, 0.29) is 0 Å². The maximum Gasteiger partial charge on any atom is 0.158 e. The number of pyridine rings is 1. The second-order valence-electron chi connectivity index (χ2n) is 2.49. The minimum atomic E-state index is 0.422. The van der Waals surface area contributed by atoms with Gasteiger partial charge in [-0.1, -0.05) is 0 Å². The van der Waals surface area contributed by atoms with Crippen molar-refractivity contribution < 1.29 is 0 Å². The third kappa shape index (κ3) is 0.839. The van der Waals surface area contributed by atoms with Gasteiger partial charge < -0.3 is 0 Å². The Morgan fingerprint density at radius 2 is 2.33 bits per heavy atom. The van der Waals surface area contributed by atoms with Crippen LogP contribution in [0.3, 0.4) is 0 Å². The molecule has 0 unspecified atom stereocenters. The van der Waals surface area contributed by atoms with Gasteiger partial charge in [0, 0.05) is 12.4 Å². The van der Waals surface area contributed by atoms with Crippen LogP contribution in [-0.2, 0) is 7.05 Å². The summed E-state index contributed by atoms with van der Waals surface area (Å²) in [6, 6.07) is 5.51. The van der Waals surface area contributed by atoms with Gasteiger partial charge in [-0.25, -0.2) is 4.98 Å². The number of nitrogens with zero attached hydrogens (tertiary/aromatic N) is 4. The minimum absolute atomic E-state index is 0.422. The lowest BCUT2D eigenvalue weighted by Gasteiger charge is -1.92. The molecule has 0 aliphatic rings. The Labute approximate surface area is 69.1 Å². The average Bonchev–Trinajstić information content (AvgIpc) is 2.47. The van der Waals surface area contributed by atoms with Crippen molar-refractivity contribution in [3.63, 3.8) is 0 Å². The molecule has 0 aromatic carbocycles. The summed E-state index contributed by atoms with van der Waals surface area (Å²) in [6.07, 6.45) is 1.73. The van der Waals surface area contributed by atoms with Crippen molar-refractivity contribution in [1.29, 1.82) is 5.26 Å². The summed E-state index contributed by atoms with van der Waals surface area (Å²) < 4.78 is 1.65. The molecule has 0 atom stereocenters. The Morgan fingerprint density at radius 1 is 1.50 bits per heavy atom. The lowest BCUT2D eigenvalue weighted by Crippen LogP contribution is -1.92. The Bertz CT molecular complexity index is 463. The lowest BCUT2D eigenvalue weighted by molar-refractivity contribution is 0.786. The van der Waals surface area contributed by atoms with Crippen LogP contribution in [-0.4, -0.2) is 14.8 Å². The summed E-state index contributed by atoms with van der Waals surface area (Å²) in [5, 5.41) is 13.6. The van der Waals surface area contributed by atoms with Crippen molar-refractivity contribution in [2.45, 2.75) is 0 Å². The third-order valence-electron chi connectivity index (χ3n) is 1.70. The van der Waals surface area contributed by atoms with Crippen LogP contribution >= 0.6 is 0 Å². The maximum atomic E-state index is 8.58. The first-order valence-corrected chi connectivity index (χ1v) is 3.50. The van der Waals surface area contributed by atoms with Gasteiger partial charge in [-0.05, 0) is 12.1 Å². The molecule has 2 aromatic heterocycles. The SMILES string of the molecule is Cn1ncc2ccc(C#N)nc21. The summed E-state index contributed by atoms with van der Waals surface area (Å²) >= 11 is 0. The fourth-order valence-electron chi connectivity index (χ4n) is 1.08. The monoisotopic (exact) mass is 158 g/mol. The quantitative estimate of drug-likeness (QED) is 0.570. The molecule has 0 amide bonds. The van der Waals surface area contributed by atoms with E-state index in [9.17, 15) is 0 Å². The zero-order chi connectivity index (χ0) is 8.55. The van der Waals surface area contributed by atoms with Crippen LogP contribution in [0.1, 0.15) is 5.69 Å². The van der Waals surface area contributed by atoms with Crippen LogP contribution in [0.25, 0.3) is 11.0 Å². The van der Waals surface area contributed by atoms with Crippen molar-refractivity contribution in [3.8, 4) is 6.07 Å². The van der Waals surface area contributed by atoms with Gasteiger partial charge in [0.15, 0.2) is 5.65 Å². The molecule has 0 spiro atoms. The molecule has 0 N–H and O–H groups in total. The van der Waals surface area contributed by atoms with Gasteiger partial charge in [-0.2, -0.15) is 10.4 Å². The highest BCUT2D eigenvalue weighted by atomic mass is 15.3. The third-order valence-corrected chi connectivity index (χ3v) is 1.70. The molecule has 58 valence electrons. The first-order chi connectivity index (χ1) is 5.81. The van der Waals surface area contributed by atoms with Gasteiger partial charge in [-0.3, -0.25) is 4.68 Å². The largest absolute Gasteiger partial charge is 0.250 e. The lowest BCUT2D eigenvalue weighted by atomic mass is 10.3. The molecule has 0 radical (unpaired) electrons. The van der Waals surface area contributed by atoms with E-state index in [0.717, 1.165) is 11.0 Å². The Morgan fingerprint density at radius 3 is 3.08 bits per heavy atom. The van der Waals surface area contributed by atoms with E-state index < -0.39 is 0 Å². The van der Waals surface area contributed by atoms with Crippen molar-refractivity contribution in [3.05, 3.63) is 24.0 Å². The Kier molecular flexibility index (Phi) is 1.31. The molecule has 2 heterocycles. The normalized spacial score (nSPS) is 10.0. The summed E-state index contributed by atoms with van der Waals surface area (Å²) in [7, 11) is 1.80. The zero-order valence-electron chi connectivity index (χ0n) is 6.52. The predicted molar refractivity (Wildman–Crippen MR) is 43.2 cm³/mol. The van der Waals surface area contributed by atoms with Crippen LogP contribution in [0, 0.1) is 11.3 Å². The number of aryl methyl sites for hydroxylation is 1. The van der Waals surface area contributed by atoms with Crippen molar-refractivity contribution in [2.75, 3.05) is 0 Å². The van der Waals surface area contributed by atoms with Crippen LogP contribution in [0.4, 0.5) is 0 Å². The van der Waals surface area contributed by atoms with Crippen molar-refractivity contribution in [1.82, 2.24) is 14.8 Å². The number of fused-ring (bicyclic) bond motifs is 1. The summed E-state index contributed by atoms with van der Waals surface area (Å²) in [4.78, 5) is 4.09. The van der Waals surface area contributed by atoms with E-state index in [2.05, 4.69) is 10.1 Å². The molecule has 4 nitrogen and oxygen atoms in total. The fourth-order valence-corrected chi connectivity index (χ4v) is 1.08. The molecular weight excluding hydrogens is 152 g/mol. The molecule has 0 bridgehead atoms. The van der Waals surface area contributed by atoms with Gasteiger partial charge in [0.05, 0.1) is 6.20 Å². The predicted octanol–water partition coefficient (Wildman–Crippen LogP) is 0.840. The Balaban J connectivity index is 2.82. The van der Waals surface area contributed by atoms with Crippen LogP contribution < -0.4 is 0 Å². The van der Waals surface area contributed by atoms with Crippen molar-refractivity contribution in [2.24, 2.45) is 7.05 Å². The molecule has 0 fully saturated rings. The van der Waals surface area contributed by atoms with E-state index in [1.807, 2.05) is 12.1 Å². The molecule has 0 saturated carbocycles. The summed E-state index contributed by atoms with van der Waals surface area (Å²) in [5.74, 6) is 0. The molecule has 0 aliphatic carbocycles. The first kappa shape index (κ1) is 6.80. The second kappa shape index (κ2) is 2.31. The molecule has 2 rings (SSSR count). The standard InChI is InChI=1S/C8H6N4/c1-12-8-6(5-10-12)2-3-7(4-9)11-8/h2-3,5H,1H3. The van der Waals surface area contributed by atoms with Gasteiger partial charge in [0.25, 0.3) is 0 Å². The zero-order valence-corrected chi connectivity index (χ0v) is 6.52. The van der Waals surface area contributed by atoms with Crippen LogP contribution in [0.15, 0.2) is 18.3 Å². The van der Waals surface area contributed by atoms with E-state index in [4.69, 9.17) is 5.26 Å². The topological polar surface area (TPSA) is 54.5 Å². The van der Waals surface area contributed by atoms with Crippen molar-refractivity contribution >= 4 is 11.0 Å². The van der Waals surface area contributed by atoms with E-state index >= 15 is 0 Å². The number of rotatable bonds is 0. The van der Waals surface area contributed by atoms with Gasteiger partial charge in [0.1, 0.15) is 11.8 Å². The van der Waals surface area contributed by atoms with Gasteiger partial charge in [0.2, 0.25) is 0 Å². The fraction of sp³-hybridized carbons (Fsp3) is 0.125. The number of hydrogen-bond acceptors (Lipinski definition) is 3. The summed E-state index contributed by atoms with van der Waals surface area (Å²) in [5.41, 5.74) is 1.17. The van der Waals surface area contributed by atoms with Crippen LogP contribution in [0.5, 0.6) is 0 Å². The number of hydrogen-bond donors (Lipinski definition) is 0. The minimum Gasteiger partial charge on any atom is -0.250 e. The summed E-state index contributed by atoms with van der Waals surface area (Å²) in [6.45, 7) is 0. The smallest absolute Gasteiger partial charge is 0.158 e. The molecular formula is C8H6N4. The number of aromatic nitrogens is 3. The van der Waals surface area contributed by atoms with E-state index in [1.54, 1.807) is 24.0 Å². The van der Waals surface area contributed by atoms with E-state index in [0.29, 0.717) is 5.69 Å². The average molecular weight is 158 g/mol. The highest BCUT2D eigenvalue weighted by molar-refractivity contribution is 5.74. The van der Waals surface area contributed by atoms with E-state index in [1.165, 1.54) is 0 Å². The Hall–Kier alpha value is -1.89. The number of nitriles is 1. The second-order valence-corrected chi connectivity index (χ2v) is 2.49. The highest BCUT2D eigenvalue weighted by Gasteiger charge is 2.00. The van der Waals surface area contributed by atoms with Gasteiger partial charge >= 0.3 is 0 Å². The van der Waals surface area contributed by atoms with Crippen LogP contribution in [0.2, 0.25) is 0 Å². The maximum absolute atomic E-state index is 8.58. The molecule has 4 heteroatoms. The highest BCUT2D eigenvalue weighted by Crippen LogP contribution is 2.09. The molecule has 0 aliphatic heterocycles. The molecule has 2 aromatic rings. The molecule has 0 saturated heterocycles. The molecule has 12 heavy (non-hydrogen) atoms. The first-order valence-electron chi connectivity index (χ1n) is 3.50. The van der Waals surface area contributed by atoms with Gasteiger partial charge in [-0.15, -0.1) is 0 Å².